The number of amides is 1. The number of piperazine rings is 1. The van der Waals surface area contributed by atoms with E-state index in [2.05, 4.69) is 31.9 Å². The highest BCUT2D eigenvalue weighted by atomic mass is 16.6. The maximum atomic E-state index is 12.8. The van der Waals surface area contributed by atoms with Crippen LogP contribution in [0.15, 0.2) is 36.0 Å². The fourth-order valence-electron chi connectivity index (χ4n) is 6.34. The molecule has 266 valence electrons. The van der Waals surface area contributed by atoms with E-state index >= 15 is 0 Å². The van der Waals surface area contributed by atoms with E-state index in [-0.39, 0.29) is 61.4 Å². The fourth-order valence-corrected chi connectivity index (χ4v) is 6.34. The average molecular weight is 663 g/mol. The van der Waals surface area contributed by atoms with Crippen LogP contribution in [0.3, 0.4) is 0 Å². The molecule has 1 amide bonds. The van der Waals surface area contributed by atoms with Crippen LogP contribution in [0.25, 0.3) is 0 Å². The largest absolute Gasteiger partial charge is 0.457 e. The van der Waals surface area contributed by atoms with Crippen LogP contribution >= 0.6 is 0 Å². The molecule has 3 rings (SSSR count). The first kappa shape index (κ1) is 38.7. The summed E-state index contributed by atoms with van der Waals surface area (Å²) in [5.41, 5.74) is -0.608. The second-order valence-electron chi connectivity index (χ2n) is 14.1. The van der Waals surface area contributed by atoms with Crippen LogP contribution in [0.4, 0.5) is 4.79 Å². The Bertz CT molecular complexity index is 1140. The van der Waals surface area contributed by atoms with Crippen LogP contribution in [0.5, 0.6) is 0 Å². The maximum absolute atomic E-state index is 12.8. The van der Waals surface area contributed by atoms with Gasteiger partial charge in [0.15, 0.2) is 0 Å². The zero-order chi connectivity index (χ0) is 34.9. The highest BCUT2D eigenvalue weighted by Gasteiger charge is 2.46. The van der Waals surface area contributed by atoms with Crippen LogP contribution in [0.1, 0.15) is 80.6 Å². The standard InChI is InChI=1S/C36H58N2O9/c1-9-29(46-35(42)38-19-17-37(8)18-20-38)26(5)34-30(45-34)21-23(2)11-10-12-24(3)33-25(4)13-14-31(44-27(6)39)36(7,43)16-15-28(40)22-32(41)47-33/h10-14,23,25-26,28-31,33-34,40,43H,9,15-22H2,1-8H3/b11-10+,14-13-,24-12+. The van der Waals surface area contributed by atoms with Gasteiger partial charge in [0, 0.05) is 44.9 Å². The van der Waals surface area contributed by atoms with Gasteiger partial charge in [-0.1, -0.05) is 52.0 Å². The number of ether oxygens (including phenoxy) is 4. The number of carbonyl (C=O) groups excluding carboxylic acids is 3. The van der Waals surface area contributed by atoms with Gasteiger partial charge in [-0.3, -0.25) is 9.59 Å². The van der Waals surface area contributed by atoms with Gasteiger partial charge in [-0.05, 0) is 64.1 Å². The Hall–Kier alpha value is -2.73. The lowest BCUT2D eigenvalue weighted by Gasteiger charge is -2.33. The molecule has 0 radical (unpaired) electrons. The molecule has 3 aliphatic rings. The molecule has 47 heavy (non-hydrogen) atoms. The summed E-state index contributed by atoms with van der Waals surface area (Å²) in [5.74, 6) is -1.04. The lowest BCUT2D eigenvalue weighted by Crippen LogP contribution is -2.48. The molecule has 0 spiro atoms. The lowest BCUT2D eigenvalue weighted by atomic mass is 9.88. The maximum Gasteiger partial charge on any atom is 0.410 e. The Balaban J connectivity index is 1.59. The number of esters is 2. The number of nitrogens with zero attached hydrogens (tertiary/aromatic N) is 2. The van der Waals surface area contributed by atoms with Crippen molar-refractivity contribution in [3.8, 4) is 0 Å². The Morgan fingerprint density at radius 2 is 1.85 bits per heavy atom. The highest BCUT2D eigenvalue weighted by molar-refractivity contribution is 5.70. The normalized spacial score (nSPS) is 34.0. The van der Waals surface area contributed by atoms with E-state index in [0.29, 0.717) is 13.1 Å². The number of likely N-dealkylation sites (N-methyl/N-ethyl adjacent to an activating group) is 1. The molecule has 10 atom stereocenters. The second kappa shape index (κ2) is 17.6. The van der Waals surface area contributed by atoms with Crippen LogP contribution in [0.2, 0.25) is 0 Å². The molecule has 10 unspecified atom stereocenters. The van der Waals surface area contributed by atoms with E-state index in [0.717, 1.165) is 31.5 Å². The number of aliphatic hydroxyl groups excluding tert-OH is 1. The summed E-state index contributed by atoms with van der Waals surface area (Å²) < 4.78 is 23.2. The molecule has 11 nitrogen and oxygen atoms in total. The molecule has 0 aliphatic carbocycles. The van der Waals surface area contributed by atoms with Crippen molar-refractivity contribution in [2.45, 2.75) is 123 Å². The number of hydrogen-bond acceptors (Lipinski definition) is 10. The van der Waals surface area contributed by atoms with E-state index < -0.39 is 35.9 Å². The summed E-state index contributed by atoms with van der Waals surface area (Å²) in [6, 6.07) is 0. The number of cyclic esters (lactones) is 1. The quantitative estimate of drug-likeness (QED) is 0.114. The molecule has 3 aliphatic heterocycles. The third-order valence-electron chi connectivity index (χ3n) is 9.61. The zero-order valence-corrected chi connectivity index (χ0v) is 29.6. The van der Waals surface area contributed by atoms with Crippen LogP contribution in [-0.4, -0.2) is 113 Å². The van der Waals surface area contributed by atoms with Gasteiger partial charge in [0.2, 0.25) is 0 Å². The van der Waals surface area contributed by atoms with E-state index in [4.69, 9.17) is 18.9 Å². The van der Waals surface area contributed by atoms with Crippen molar-refractivity contribution in [2.24, 2.45) is 17.8 Å². The van der Waals surface area contributed by atoms with Crippen LogP contribution < -0.4 is 0 Å². The van der Waals surface area contributed by atoms with Gasteiger partial charge in [-0.15, -0.1) is 0 Å². The minimum atomic E-state index is -1.42. The summed E-state index contributed by atoms with van der Waals surface area (Å²) >= 11 is 0. The summed E-state index contributed by atoms with van der Waals surface area (Å²) in [5, 5.41) is 21.4. The number of epoxide rings is 1. The Labute approximate surface area is 280 Å². The van der Waals surface area contributed by atoms with Crippen molar-refractivity contribution in [3.05, 3.63) is 36.0 Å². The molecule has 2 fully saturated rings. The summed E-state index contributed by atoms with van der Waals surface area (Å²) in [4.78, 5) is 41.2. The van der Waals surface area contributed by atoms with E-state index in [9.17, 15) is 24.6 Å². The minimum absolute atomic E-state index is 0.0450. The molecule has 0 aromatic carbocycles. The SMILES string of the molecule is CCC(OC(=O)N1CCN(C)CC1)C(C)C1OC1CC(C)/C=C/C=C(\C)C1OC(=O)CC(O)CCC(C)(O)C(OC(C)=O)/C=C\C1C. The topological polar surface area (TPSA) is 138 Å². The molecule has 0 saturated carbocycles. The monoisotopic (exact) mass is 662 g/mol. The van der Waals surface area contributed by atoms with Crippen LogP contribution in [0, 0.1) is 17.8 Å². The van der Waals surface area contributed by atoms with Crippen molar-refractivity contribution in [1.29, 1.82) is 0 Å². The number of allylic oxidation sites excluding steroid dienone is 3. The van der Waals surface area contributed by atoms with Crippen molar-refractivity contribution >= 4 is 18.0 Å². The summed E-state index contributed by atoms with van der Waals surface area (Å²) in [7, 11) is 2.05. The Kier molecular flexibility index (Phi) is 14.5. The predicted molar refractivity (Wildman–Crippen MR) is 178 cm³/mol. The first-order valence-electron chi connectivity index (χ1n) is 17.2. The molecule has 2 N–H and O–H groups in total. The van der Waals surface area contributed by atoms with Crippen molar-refractivity contribution in [2.75, 3.05) is 33.2 Å². The van der Waals surface area contributed by atoms with Gasteiger partial charge < -0.3 is 39.0 Å². The van der Waals surface area contributed by atoms with Crippen molar-refractivity contribution in [1.82, 2.24) is 9.80 Å². The number of hydrogen-bond donors (Lipinski definition) is 2. The van der Waals surface area contributed by atoms with E-state index in [1.165, 1.54) is 6.92 Å². The minimum Gasteiger partial charge on any atom is -0.457 e. The Morgan fingerprint density at radius 1 is 1.17 bits per heavy atom. The van der Waals surface area contributed by atoms with Crippen molar-refractivity contribution in [3.63, 3.8) is 0 Å². The predicted octanol–water partition coefficient (Wildman–Crippen LogP) is 4.41. The van der Waals surface area contributed by atoms with E-state index in [1.54, 1.807) is 24.0 Å². The zero-order valence-electron chi connectivity index (χ0n) is 29.6. The van der Waals surface area contributed by atoms with Gasteiger partial charge in [-0.2, -0.15) is 0 Å². The molecule has 0 aromatic heterocycles. The van der Waals surface area contributed by atoms with Gasteiger partial charge in [0.05, 0.1) is 24.7 Å². The second-order valence-corrected chi connectivity index (χ2v) is 14.1. The third-order valence-corrected chi connectivity index (χ3v) is 9.61. The first-order valence-corrected chi connectivity index (χ1v) is 17.2. The molecular weight excluding hydrogens is 604 g/mol. The highest BCUT2D eigenvalue weighted by Crippen LogP contribution is 2.37. The number of aliphatic hydroxyl groups is 2. The number of carbonyl (C=O) groups is 3. The van der Waals surface area contributed by atoms with Crippen LogP contribution in [-0.2, 0) is 28.5 Å². The smallest absolute Gasteiger partial charge is 0.410 e. The first-order chi connectivity index (χ1) is 22.1. The average Bonchev–Trinajstić information content (AvgIpc) is 3.77. The molecule has 0 bridgehead atoms. The Morgan fingerprint density at radius 3 is 2.49 bits per heavy atom. The van der Waals surface area contributed by atoms with Gasteiger partial charge in [-0.25, -0.2) is 4.79 Å². The number of rotatable bonds is 10. The molecule has 0 aromatic rings. The van der Waals surface area contributed by atoms with Gasteiger partial charge in [0.1, 0.15) is 23.9 Å². The summed E-state index contributed by atoms with van der Waals surface area (Å²) in [6.45, 7) is 15.9. The van der Waals surface area contributed by atoms with Gasteiger partial charge >= 0.3 is 18.0 Å². The lowest BCUT2D eigenvalue weighted by molar-refractivity contribution is -0.157. The summed E-state index contributed by atoms with van der Waals surface area (Å²) in [6.07, 6.45) is 8.20. The molecular formula is C36H58N2O9. The van der Waals surface area contributed by atoms with Gasteiger partial charge in [0.25, 0.3) is 0 Å². The molecule has 2 saturated heterocycles. The van der Waals surface area contributed by atoms with Crippen molar-refractivity contribution < 1.29 is 43.5 Å². The fraction of sp³-hybridized carbons (Fsp3) is 0.750. The van der Waals surface area contributed by atoms with E-state index in [1.807, 2.05) is 32.9 Å². The molecule has 11 heteroatoms. The third kappa shape index (κ3) is 12.0. The molecule has 3 heterocycles.